The molecule has 0 spiro atoms. The number of aromatic nitrogens is 2. The van der Waals surface area contributed by atoms with Crippen LogP contribution in [0.3, 0.4) is 0 Å². The zero-order chi connectivity index (χ0) is 24.8. The fourth-order valence-corrected chi connectivity index (χ4v) is 3.64. The van der Waals surface area contributed by atoms with Crippen LogP contribution in [0.25, 0.3) is 11.1 Å². The molecule has 3 aromatic rings. The highest BCUT2D eigenvalue weighted by atomic mass is 35.5. The number of halogens is 2. The minimum absolute atomic E-state index is 0. The van der Waals surface area contributed by atoms with Crippen LogP contribution in [-0.4, -0.2) is 28.6 Å². The predicted molar refractivity (Wildman–Crippen MR) is 145 cm³/mol. The Bertz CT molecular complexity index is 1180. The number of benzene rings is 1. The molecule has 36 heavy (non-hydrogen) atoms. The second kappa shape index (κ2) is 13.8. The third kappa shape index (κ3) is 7.43. The van der Waals surface area contributed by atoms with Gasteiger partial charge in [0.1, 0.15) is 6.26 Å². The first kappa shape index (κ1) is 30.9. The summed E-state index contributed by atoms with van der Waals surface area (Å²) >= 11 is 0. The molecule has 0 bridgehead atoms. The lowest BCUT2D eigenvalue weighted by molar-refractivity contribution is 0.0519. The van der Waals surface area contributed by atoms with E-state index in [2.05, 4.69) is 29.5 Å². The van der Waals surface area contributed by atoms with E-state index >= 15 is 0 Å². The number of amides is 2. The van der Waals surface area contributed by atoms with E-state index in [9.17, 15) is 9.59 Å². The average molecular weight is 538 g/mol. The molecule has 0 atom stereocenters. The number of hydrogen-bond acceptors (Lipinski definition) is 7. The van der Waals surface area contributed by atoms with Gasteiger partial charge in [0, 0.05) is 17.8 Å². The maximum absolute atomic E-state index is 12.8. The van der Waals surface area contributed by atoms with Crippen LogP contribution in [0.15, 0.2) is 34.9 Å². The lowest BCUT2D eigenvalue weighted by atomic mass is 9.92. The van der Waals surface area contributed by atoms with E-state index < -0.39 is 12.0 Å². The first-order chi connectivity index (χ1) is 16.2. The van der Waals surface area contributed by atoms with Crippen molar-refractivity contribution in [2.24, 2.45) is 11.7 Å². The van der Waals surface area contributed by atoms with E-state index in [0.29, 0.717) is 17.3 Å². The predicted octanol–water partition coefficient (Wildman–Crippen LogP) is 5.67. The van der Waals surface area contributed by atoms with Crippen molar-refractivity contribution in [2.45, 2.75) is 47.6 Å². The van der Waals surface area contributed by atoms with Crippen molar-refractivity contribution in [1.82, 2.24) is 9.97 Å². The van der Waals surface area contributed by atoms with Gasteiger partial charge in [-0.15, -0.1) is 24.8 Å². The first-order valence-corrected chi connectivity index (χ1v) is 11.2. The lowest BCUT2D eigenvalue weighted by Gasteiger charge is -2.21. The number of carbonyl (C=O) groups is 2. The second-order valence-corrected chi connectivity index (χ2v) is 8.38. The highest BCUT2D eigenvalue weighted by molar-refractivity contribution is 6.02. The van der Waals surface area contributed by atoms with Crippen molar-refractivity contribution < 1.29 is 18.7 Å². The Hall–Kier alpha value is -3.14. The van der Waals surface area contributed by atoms with E-state index in [0.717, 1.165) is 40.6 Å². The van der Waals surface area contributed by atoms with Crippen molar-refractivity contribution in [3.63, 3.8) is 0 Å². The zero-order valence-electron chi connectivity index (χ0n) is 21.0. The standard InChI is InChI=1S/C25H31N5O4.2ClH/c1-6-33-23(31)20-13-34-25(28-20)30-24(32)29-22-16(5)27-19(11-14(2)3)18(12-26)21(22)17-9-7-15(4)8-10-17;;/h7-10,13-14H,6,11-12,26H2,1-5H3,(H2,28,29,30,32);2*1H. The third-order valence-electron chi connectivity index (χ3n) is 5.16. The minimum Gasteiger partial charge on any atom is -0.461 e. The monoisotopic (exact) mass is 537 g/mol. The number of nitrogens with two attached hydrogens (primary N) is 1. The van der Waals surface area contributed by atoms with Gasteiger partial charge >= 0.3 is 18.0 Å². The number of carbonyl (C=O) groups excluding carboxylic acids is 2. The molecule has 4 N–H and O–H groups in total. The molecule has 0 saturated heterocycles. The smallest absolute Gasteiger partial charge is 0.360 e. The first-order valence-electron chi connectivity index (χ1n) is 11.2. The fourth-order valence-electron chi connectivity index (χ4n) is 3.64. The molecule has 2 heterocycles. The quantitative estimate of drug-likeness (QED) is 0.315. The van der Waals surface area contributed by atoms with Gasteiger partial charge in [0.2, 0.25) is 0 Å². The van der Waals surface area contributed by atoms with Crippen LogP contribution in [0.4, 0.5) is 16.5 Å². The Labute approximate surface area is 223 Å². The summed E-state index contributed by atoms with van der Waals surface area (Å²) in [6, 6.07) is 7.33. The molecule has 2 amide bonds. The number of oxazole rings is 1. The van der Waals surface area contributed by atoms with Crippen LogP contribution in [-0.2, 0) is 17.7 Å². The van der Waals surface area contributed by atoms with Gasteiger partial charge in [0.25, 0.3) is 0 Å². The molecule has 0 aliphatic heterocycles. The van der Waals surface area contributed by atoms with Gasteiger partial charge in [-0.2, -0.15) is 4.98 Å². The molecule has 0 saturated carbocycles. The van der Waals surface area contributed by atoms with Gasteiger partial charge in [-0.1, -0.05) is 43.7 Å². The van der Waals surface area contributed by atoms with Gasteiger partial charge in [0.05, 0.1) is 18.0 Å². The van der Waals surface area contributed by atoms with Crippen molar-refractivity contribution in [3.8, 4) is 11.1 Å². The molecular formula is C25H33Cl2N5O4. The average Bonchev–Trinajstić information content (AvgIpc) is 3.24. The Kier molecular flexibility index (Phi) is 11.9. The summed E-state index contributed by atoms with van der Waals surface area (Å²) in [6.45, 7) is 10.3. The molecule has 11 heteroatoms. The van der Waals surface area contributed by atoms with E-state index in [1.807, 2.05) is 38.1 Å². The van der Waals surface area contributed by atoms with E-state index in [1.54, 1.807) is 6.92 Å². The number of nitrogens with zero attached hydrogens (tertiary/aromatic N) is 2. The van der Waals surface area contributed by atoms with Gasteiger partial charge in [-0.3, -0.25) is 10.3 Å². The van der Waals surface area contributed by atoms with Crippen LogP contribution in [0.5, 0.6) is 0 Å². The number of ether oxygens (including phenoxy) is 1. The lowest BCUT2D eigenvalue weighted by Crippen LogP contribution is -2.22. The number of rotatable bonds is 8. The number of aryl methyl sites for hydroxylation is 2. The summed E-state index contributed by atoms with van der Waals surface area (Å²) < 4.78 is 10.1. The summed E-state index contributed by atoms with van der Waals surface area (Å²) in [4.78, 5) is 33.4. The largest absolute Gasteiger partial charge is 0.461 e. The maximum atomic E-state index is 12.8. The maximum Gasteiger partial charge on any atom is 0.360 e. The topological polar surface area (TPSA) is 132 Å². The van der Waals surface area contributed by atoms with Crippen LogP contribution in [0.1, 0.15) is 53.8 Å². The van der Waals surface area contributed by atoms with E-state index in [1.165, 1.54) is 0 Å². The zero-order valence-corrected chi connectivity index (χ0v) is 22.6. The molecular weight excluding hydrogens is 505 g/mol. The molecule has 0 aliphatic carbocycles. The number of anilines is 2. The number of urea groups is 1. The second-order valence-electron chi connectivity index (χ2n) is 8.38. The molecule has 0 aliphatic rings. The Balaban J connectivity index is 0.00000324. The molecule has 0 fully saturated rings. The normalized spacial score (nSPS) is 10.3. The molecule has 3 rings (SSSR count). The molecule has 2 aromatic heterocycles. The van der Waals surface area contributed by atoms with Gasteiger partial charge in [-0.05, 0) is 44.2 Å². The van der Waals surface area contributed by atoms with Crippen molar-refractivity contribution in [1.29, 1.82) is 0 Å². The number of esters is 1. The van der Waals surface area contributed by atoms with E-state index in [4.69, 9.17) is 19.9 Å². The summed E-state index contributed by atoms with van der Waals surface area (Å²) in [5.74, 6) is -0.237. The summed E-state index contributed by atoms with van der Waals surface area (Å²) in [7, 11) is 0. The molecule has 0 unspecified atom stereocenters. The molecule has 0 radical (unpaired) electrons. The summed E-state index contributed by atoms with van der Waals surface area (Å²) in [5, 5.41) is 5.39. The summed E-state index contributed by atoms with van der Waals surface area (Å²) in [5.41, 5.74) is 12.1. The highest BCUT2D eigenvalue weighted by Crippen LogP contribution is 2.36. The van der Waals surface area contributed by atoms with Crippen LogP contribution in [0, 0.1) is 19.8 Å². The van der Waals surface area contributed by atoms with Crippen molar-refractivity contribution >= 4 is 48.5 Å². The van der Waals surface area contributed by atoms with Gasteiger partial charge < -0.3 is 20.2 Å². The Morgan fingerprint density at radius 3 is 2.33 bits per heavy atom. The van der Waals surface area contributed by atoms with Crippen LogP contribution < -0.4 is 16.4 Å². The van der Waals surface area contributed by atoms with Crippen LogP contribution >= 0.6 is 24.8 Å². The van der Waals surface area contributed by atoms with E-state index in [-0.39, 0.29) is 49.7 Å². The molecule has 9 nitrogen and oxygen atoms in total. The molecule has 1 aromatic carbocycles. The number of pyridine rings is 1. The Morgan fingerprint density at radius 1 is 1.08 bits per heavy atom. The van der Waals surface area contributed by atoms with Crippen molar-refractivity contribution in [2.75, 3.05) is 17.2 Å². The number of nitrogens with one attached hydrogen (secondary N) is 2. The minimum atomic E-state index is -0.630. The van der Waals surface area contributed by atoms with Crippen molar-refractivity contribution in [3.05, 3.63) is 58.7 Å². The number of hydrogen-bond donors (Lipinski definition) is 3. The van der Waals surface area contributed by atoms with Gasteiger partial charge in [-0.25, -0.2) is 9.59 Å². The third-order valence-corrected chi connectivity index (χ3v) is 5.16. The molecule has 196 valence electrons. The van der Waals surface area contributed by atoms with Gasteiger partial charge in [0.15, 0.2) is 5.69 Å². The summed E-state index contributed by atoms with van der Waals surface area (Å²) in [6.07, 6.45) is 1.90. The van der Waals surface area contributed by atoms with Crippen LogP contribution in [0.2, 0.25) is 0 Å². The fraction of sp³-hybridized carbons (Fsp3) is 0.360. The Morgan fingerprint density at radius 2 is 1.75 bits per heavy atom. The highest BCUT2D eigenvalue weighted by Gasteiger charge is 2.22. The SMILES string of the molecule is CCOC(=O)c1coc(NC(=O)Nc2c(C)nc(CC(C)C)c(CN)c2-c2ccc(C)cc2)n1.Cl.Cl.